The van der Waals surface area contributed by atoms with Crippen molar-refractivity contribution in [2.24, 2.45) is 0 Å². The van der Waals surface area contributed by atoms with Crippen LogP contribution in [-0.2, 0) is 14.8 Å². The number of carbonyl (C=O) groups is 1. The van der Waals surface area contributed by atoms with Crippen molar-refractivity contribution in [1.82, 2.24) is 4.98 Å². The van der Waals surface area contributed by atoms with E-state index in [0.717, 1.165) is 16.9 Å². The summed E-state index contributed by atoms with van der Waals surface area (Å²) in [6.45, 7) is 0.000188. The monoisotopic (exact) mass is 469 g/mol. The van der Waals surface area contributed by atoms with E-state index in [1.807, 2.05) is 0 Å². The number of anilines is 2. The first-order chi connectivity index (χ1) is 13.7. The van der Waals surface area contributed by atoms with E-state index in [4.69, 9.17) is 27.9 Å². The first kappa shape index (κ1) is 20.0. The van der Waals surface area contributed by atoms with Gasteiger partial charge in [0.15, 0.2) is 11.7 Å². The van der Waals surface area contributed by atoms with E-state index in [9.17, 15) is 13.2 Å². The minimum absolute atomic E-state index is 0.000188. The number of aromatic nitrogens is 1. The van der Waals surface area contributed by atoms with E-state index in [0.29, 0.717) is 17.1 Å². The number of likely N-dealkylation sites (N-methyl/N-ethyl adjacent to an activating group) is 1. The van der Waals surface area contributed by atoms with Gasteiger partial charge in [0.05, 0.1) is 26.3 Å². The molecule has 1 aromatic heterocycles. The number of amides is 1. The second-order valence-corrected chi connectivity index (χ2v) is 9.50. The van der Waals surface area contributed by atoms with Gasteiger partial charge >= 0.3 is 0 Å². The Morgan fingerprint density at radius 3 is 2.72 bits per heavy atom. The molecular formula is C18H13Cl2N3O4S2. The maximum atomic E-state index is 12.6. The number of benzene rings is 2. The van der Waals surface area contributed by atoms with Crippen molar-refractivity contribution in [2.75, 3.05) is 23.3 Å². The Morgan fingerprint density at radius 1 is 1.17 bits per heavy atom. The van der Waals surface area contributed by atoms with Gasteiger partial charge in [-0.2, -0.15) is 0 Å². The molecule has 0 saturated carbocycles. The van der Waals surface area contributed by atoms with E-state index in [2.05, 4.69) is 9.71 Å². The zero-order valence-electron chi connectivity index (χ0n) is 14.8. The molecule has 0 unspecified atom stereocenters. The Balaban J connectivity index is 1.60. The predicted octanol–water partition coefficient (Wildman–Crippen LogP) is 4.27. The number of nitrogens with zero attached hydrogens (tertiary/aromatic N) is 2. The zero-order chi connectivity index (χ0) is 20.8. The minimum atomic E-state index is -3.87. The molecule has 0 atom stereocenters. The third kappa shape index (κ3) is 3.91. The number of hydrogen-bond donors (Lipinski definition) is 1. The summed E-state index contributed by atoms with van der Waals surface area (Å²) in [7, 11) is -2.20. The Bertz CT molecular complexity index is 1230. The molecule has 4 rings (SSSR count). The normalized spacial score (nSPS) is 13.8. The highest BCUT2D eigenvalue weighted by atomic mass is 35.5. The van der Waals surface area contributed by atoms with Crippen molar-refractivity contribution >= 4 is 61.3 Å². The first-order valence-corrected chi connectivity index (χ1v) is 11.3. The van der Waals surface area contributed by atoms with Crippen molar-refractivity contribution in [3.05, 3.63) is 51.8 Å². The number of carbonyl (C=O) groups excluding carboxylic acids is 1. The third-order valence-corrected chi connectivity index (χ3v) is 7.23. The SMILES string of the molecule is CN1C(=O)COc2ccc(-c3csc(NS(=O)(=O)c4ccc(Cl)c(Cl)c4)n3)cc21. The number of nitrogens with one attached hydrogen (secondary N) is 1. The molecule has 0 fully saturated rings. The van der Waals surface area contributed by atoms with Crippen molar-refractivity contribution < 1.29 is 17.9 Å². The maximum absolute atomic E-state index is 12.6. The molecule has 0 aliphatic carbocycles. The summed E-state index contributed by atoms with van der Waals surface area (Å²) in [6.07, 6.45) is 0. The molecule has 1 amide bonds. The van der Waals surface area contributed by atoms with Gasteiger partial charge in [-0.3, -0.25) is 9.52 Å². The second kappa shape index (κ2) is 7.49. The fourth-order valence-corrected chi connectivity index (χ4v) is 5.06. The lowest BCUT2D eigenvalue weighted by Gasteiger charge is -2.26. The molecule has 7 nitrogen and oxygen atoms in total. The van der Waals surface area contributed by atoms with E-state index in [1.165, 1.54) is 23.1 Å². The van der Waals surface area contributed by atoms with E-state index < -0.39 is 10.0 Å². The van der Waals surface area contributed by atoms with Gasteiger partial charge in [-0.15, -0.1) is 11.3 Å². The number of fused-ring (bicyclic) bond motifs is 1. The van der Waals surface area contributed by atoms with Crippen molar-refractivity contribution in [2.45, 2.75) is 4.90 Å². The van der Waals surface area contributed by atoms with Gasteiger partial charge in [0.1, 0.15) is 5.75 Å². The van der Waals surface area contributed by atoms with Gasteiger partial charge in [0.2, 0.25) is 0 Å². The van der Waals surface area contributed by atoms with Crippen molar-refractivity contribution in [3.63, 3.8) is 0 Å². The van der Waals surface area contributed by atoms with E-state index >= 15 is 0 Å². The molecule has 1 N–H and O–H groups in total. The molecule has 1 aliphatic heterocycles. The standard InChI is InChI=1S/C18H13Cl2N3O4S2/c1-23-15-6-10(2-5-16(15)27-8-17(23)24)14-9-28-18(21-14)22-29(25,26)11-3-4-12(19)13(20)7-11/h2-7,9H,8H2,1H3,(H,21,22). The van der Waals surface area contributed by atoms with Crippen LogP contribution in [0.25, 0.3) is 11.3 Å². The Kier molecular flexibility index (Phi) is 5.16. The fourth-order valence-electron chi connectivity index (χ4n) is 2.70. The summed E-state index contributed by atoms with van der Waals surface area (Å²) in [5.74, 6) is 0.453. The van der Waals surface area contributed by atoms with Gasteiger partial charge in [0, 0.05) is 18.0 Å². The molecule has 150 valence electrons. The van der Waals surface area contributed by atoms with Crippen LogP contribution in [0.3, 0.4) is 0 Å². The summed E-state index contributed by atoms with van der Waals surface area (Å²) < 4.78 is 33.0. The molecule has 0 spiro atoms. The number of ether oxygens (including phenoxy) is 1. The summed E-state index contributed by atoms with van der Waals surface area (Å²) in [5, 5.41) is 2.33. The van der Waals surface area contributed by atoms with Crippen LogP contribution < -0.4 is 14.4 Å². The molecule has 0 saturated heterocycles. The highest BCUT2D eigenvalue weighted by Crippen LogP contribution is 2.36. The lowest BCUT2D eigenvalue weighted by Crippen LogP contribution is -2.35. The van der Waals surface area contributed by atoms with E-state index in [-0.39, 0.29) is 32.6 Å². The number of sulfonamides is 1. The van der Waals surface area contributed by atoms with Crippen LogP contribution in [0.1, 0.15) is 0 Å². The van der Waals surface area contributed by atoms with Crippen molar-refractivity contribution in [1.29, 1.82) is 0 Å². The Labute approximate surface area is 180 Å². The van der Waals surface area contributed by atoms with E-state index in [1.54, 1.807) is 30.6 Å². The molecule has 3 aromatic rings. The van der Waals surface area contributed by atoms with Gasteiger partial charge in [-0.05, 0) is 36.4 Å². The first-order valence-electron chi connectivity index (χ1n) is 8.22. The largest absolute Gasteiger partial charge is 0.482 e. The average molecular weight is 470 g/mol. The number of halogens is 2. The molecule has 2 heterocycles. The van der Waals surface area contributed by atoms with Gasteiger partial charge in [-0.25, -0.2) is 13.4 Å². The third-order valence-electron chi connectivity index (χ3n) is 4.27. The molecule has 11 heteroatoms. The lowest BCUT2D eigenvalue weighted by molar-refractivity contribution is -0.120. The van der Waals surface area contributed by atoms with Gasteiger partial charge < -0.3 is 9.64 Å². The van der Waals surface area contributed by atoms with Crippen molar-refractivity contribution in [3.8, 4) is 17.0 Å². The summed E-state index contributed by atoms with van der Waals surface area (Å²) >= 11 is 12.9. The number of thiazole rings is 1. The zero-order valence-corrected chi connectivity index (χ0v) is 18.0. The van der Waals surface area contributed by atoms with Gasteiger partial charge in [-0.1, -0.05) is 23.2 Å². The Morgan fingerprint density at radius 2 is 1.97 bits per heavy atom. The number of rotatable bonds is 4. The van der Waals surface area contributed by atoms with Crippen LogP contribution in [0.4, 0.5) is 10.8 Å². The molecule has 2 aromatic carbocycles. The molecule has 1 aliphatic rings. The average Bonchev–Trinajstić information content (AvgIpc) is 3.14. The molecular weight excluding hydrogens is 457 g/mol. The molecule has 0 bridgehead atoms. The fraction of sp³-hybridized carbons (Fsp3) is 0.111. The van der Waals surface area contributed by atoms with Crippen LogP contribution >= 0.6 is 34.5 Å². The second-order valence-electron chi connectivity index (χ2n) is 6.14. The van der Waals surface area contributed by atoms with Crippen LogP contribution in [-0.4, -0.2) is 33.0 Å². The molecule has 0 radical (unpaired) electrons. The number of hydrogen-bond acceptors (Lipinski definition) is 6. The quantitative estimate of drug-likeness (QED) is 0.615. The summed E-state index contributed by atoms with van der Waals surface area (Å²) in [5.41, 5.74) is 1.92. The van der Waals surface area contributed by atoms with Gasteiger partial charge in [0.25, 0.3) is 15.9 Å². The smallest absolute Gasteiger partial charge is 0.264 e. The maximum Gasteiger partial charge on any atom is 0.264 e. The van der Waals surface area contributed by atoms with Crippen LogP contribution in [0.15, 0.2) is 46.7 Å². The highest BCUT2D eigenvalue weighted by Gasteiger charge is 2.23. The Hall–Kier alpha value is -2.33. The topological polar surface area (TPSA) is 88.6 Å². The van der Waals surface area contributed by atoms with Crippen LogP contribution in [0.2, 0.25) is 10.0 Å². The summed E-state index contributed by atoms with van der Waals surface area (Å²) in [6, 6.07) is 9.39. The molecule has 29 heavy (non-hydrogen) atoms. The highest BCUT2D eigenvalue weighted by molar-refractivity contribution is 7.93. The minimum Gasteiger partial charge on any atom is -0.482 e. The van der Waals surface area contributed by atoms with Crippen LogP contribution in [0, 0.1) is 0 Å². The van der Waals surface area contributed by atoms with Crippen LogP contribution in [0.5, 0.6) is 5.75 Å². The summed E-state index contributed by atoms with van der Waals surface area (Å²) in [4.78, 5) is 17.7. The lowest BCUT2D eigenvalue weighted by atomic mass is 10.1. The predicted molar refractivity (Wildman–Crippen MR) is 114 cm³/mol.